The van der Waals surface area contributed by atoms with Gasteiger partial charge >= 0.3 is 0 Å². The van der Waals surface area contributed by atoms with Gasteiger partial charge in [-0.1, -0.05) is 30.3 Å². The van der Waals surface area contributed by atoms with Gasteiger partial charge < -0.3 is 16.0 Å². The summed E-state index contributed by atoms with van der Waals surface area (Å²) >= 11 is 0. The van der Waals surface area contributed by atoms with E-state index >= 15 is 0 Å². The van der Waals surface area contributed by atoms with Crippen molar-refractivity contribution in [2.75, 3.05) is 26.2 Å². The van der Waals surface area contributed by atoms with Crippen LogP contribution >= 0.6 is 0 Å². The average molecular weight is 275 g/mol. The topological polar surface area (TPSA) is 53.2 Å². The number of aryl methyl sites for hydroxylation is 1. The molecule has 3 N–H and O–H groups in total. The summed E-state index contributed by atoms with van der Waals surface area (Å²) in [5, 5.41) is 9.63. The van der Waals surface area contributed by atoms with E-state index in [-0.39, 0.29) is 11.4 Å². The monoisotopic (exact) mass is 275 g/mol. The minimum absolute atomic E-state index is 0.0708. The molecule has 1 aliphatic rings. The fourth-order valence-electron chi connectivity index (χ4n) is 2.49. The summed E-state index contributed by atoms with van der Waals surface area (Å²) in [6, 6.07) is 10.4. The molecule has 1 fully saturated rings. The van der Waals surface area contributed by atoms with Crippen molar-refractivity contribution >= 4 is 5.91 Å². The Hall–Kier alpha value is -1.39. The van der Waals surface area contributed by atoms with Crippen LogP contribution in [0.1, 0.15) is 25.3 Å². The SMILES string of the molecule is CC1(NCC(=O)NCCCc2ccccc2)CCNC1. The van der Waals surface area contributed by atoms with Crippen molar-refractivity contribution in [1.82, 2.24) is 16.0 Å². The van der Waals surface area contributed by atoms with E-state index in [0.29, 0.717) is 6.54 Å². The molecule has 1 unspecified atom stereocenters. The van der Waals surface area contributed by atoms with Crippen LogP contribution in [0.5, 0.6) is 0 Å². The second-order valence-electron chi connectivity index (χ2n) is 5.78. The quantitative estimate of drug-likeness (QED) is 0.653. The van der Waals surface area contributed by atoms with E-state index in [4.69, 9.17) is 0 Å². The van der Waals surface area contributed by atoms with E-state index in [1.165, 1.54) is 5.56 Å². The lowest BCUT2D eigenvalue weighted by Gasteiger charge is -2.24. The number of hydrogen-bond acceptors (Lipinski definition) is 3. The van der Waals surface area contributed by atoms with Crippen molar-refractivity contribution in [3.05, 3.63) is 35.9 Å². The summed E-state index contributed by atoms with van der Waals surface area (Å²) in [7, 11) is 0. The first-order valence-electron chi connectivity index (χ1n) is 7.44. The first-order chi connectivity index (χ1) is 9.68. The Kier molecular flexibility index (Phi) is 5.56. The predicted octanol–water partition coefficient (Wildman–Crippen LogP) is 1.08. The number of nitrogens with one attached hydrogen (secondary N) is 3. The standard InChI is InChI=1S/C16H25N3O/c1-16(9-11-17-13-16)19-12-15(20)18-10-5-8-14-6-3-2-4-7-14/h2-4,6-7,17,19H,5,8-13H2,1H3,(H,18,20). The lowest BCUT2D eigenvalue weighted by molar-refractivity contribution is -0.120. The van der Waals surface area contributed by atoms with Crippen LogP contribution in [0, 0.1) is 0 Å². The summed E-state index contributed by atoms with van der Waals surface area (Å²) in [5.74, 6) is 0.0891. The largest absolute Gasteiger partial charge is 0.355 e. The predicted molar refractivity (Wildman–Crippen MR) is 81.7 cm³/mol. The summed E-state index contributed by atoms with van der Waals surface area (Å²) < 4.78 is 0. The van der Waals surface area contributed by atoms with E-state index in [2.05, 4.69) is 35.0 Å². The number of carbonyl (C=O) groups excluding carboxylic acids is 1. The molecular weight excluding hydrogens is 250 g/mol. The Balaban J connectivity index is 1.56. The molecule has 4 nitrogen and oxygen atoms in total. The molecular formula is C16H25N3O. The van der Waals surface area contributed by atoms with Gasteiger partial charge in [0.05, 0.1) is 6.54 Å². The average Bonchev–Trinajstić information content (AvgIpc) is 2.90. The second-order valence-corrected chi connectivity index (χ2v) is 5.78. The zero-order chi connectivity index (χ0) is 14.3. The van der Waals surface area contributed by atoms with Gasteiger partial charge in [-0.2, -0.15) is 0 Å². The molecule has 0 radical (unpaired) electrons. The molecule has 0 aliphatic carbocycles. The van der Waals surface area contributed by atoms with Crippen LogP contribution in [0.15, 0.2) is 30.3 Å². The van der Waals surface area contributed by atoms with Gasteiger partial charge in [0.25, 0.3) is 0 Å². The number of rotatable bonds is 7. The molecule has 2 rings (SSSR count). The van der Waals surface area contributed by atoms with Crippen molar-refractivity contribution < 1.29 is 4.79 Å². The zero-order valence-corrected chi connectivity index (χ0v) is 12.2. The maximum absolute atomic E-state index is 11.8. The third-order valence-electron chi connectivity index (χ3n) is 3.85. The van der Waals surface area contributed by atoms with Gasteiger partial charge in [0.15, 0.2) is 0 Å². The summed E-state index contributed by atoms with van der Waals surface area (Å²) in [6.07, 6.45) is 3.07. The first-order valence-corrected chi connectivity index (χ1v) is 7.44. The molecule has 4 heteroatoms. The van der Waals surface area contributed by atoms with Crippen molar-refractivity contribution in [3.8, 4) is 0 Å². The fourth-order valence-corrected chi connectivity index (χ4v) is 2.49. The maximum atomic E-state index is 11.8. The van der Waals surface area contributed by atoms with Crippen LogP contribution in [-0.4, -0.2) is 37.6 Å². The molecule has 0 aromatic heterocycles. The summed E-state index contributed by atoms with van der Waals surface area (Å²) in [4.78, 5) is 11.8. The van der Waals surface area contributed by atoms with Gasteiger partial charge in [-0.25, -0.2) is 0 Å². The molecule has 1 amide bonds. The van der Waals surface area contributed by atoms with E-state index < -0.39 is 0 Å². The highest BCUT2D eigenvalue weighted by molar-refractivity contribution is 5.78. The zero-order valence-electron chi connectivity index (χ0n) is 12.2. The Bertz CT molecular complexity index is 413. The minimum Gasteiger partial charge on any atom is -0.355 e. The van der Waals surface area contributed by atoms with Crippen molar-refractivity contribution in [3.63, 3.8) is 0 Å². The Morgan fingerprint density at radius 1 is 1.35 bits per heavy atom. The van der Waals surface area contributed by atoms with Gasteiger partial charge in [0, 0.05) is 18.6 Å². The third-order valence-corrected chi connectivity index (χ3v) is 3.85. The molecule has 20 heavy (non-hydrogen) atoms. The second kappa shape index (κ2) is 7.41. The number of benzene rings is 1. The molecule has 0 saturated carbocycles. The Labute approximate surface area is 121 Å². The van der Waals surface area contributed by atoms with E-state index in [1.807, 2.05) is 18.2 Å². The highest BCUT2D eigenvalue weighted by atomic mass is 16.1. The van der Waals surface area contributed by atoms with E-state index in [1.54, 1.807) is 0 Å². The van der Waals surface area contributed by atoms with Gasteiger partial charge in [0.1, 0.15) is 0 Å². The van der Waals surface area contributed by atoms with Crippen molar-refractivity contribution in [2.24, 2.45) is 0 Å². The van der Waals surface area contributed by atoms with Crippen LogP contribution in [0.2, 0.25) is 0 Å². The van der Waals surface area contributed by atoms with E-state index in [9.17, 15) is 4.79 Å². The summed E-state index contributed by atoms with van der Waals surface area (Å²) in [6.45, 7) is 5.28. The first kappa shape index (κ1) is 15.0. The van der Waals surface area contributed by atoms with Crippen LogP contribution in [0.4, 0.5) is 0 Å². The van der Waals surface area contributed by atoms with E-state index in [0.717, 1.165) is 38.9 Å². The molecule has 110 valence electrons. The molecule has 1 aromatic carbocycles. The lowest BCUT2D eigenvalue weighted by atomic mass is 10.0. The van der Waals surface area contributed by atoms with Crippen LogP contribution in [0.3, 0.4) is 0 Å². The van der Waals surface area contributed by atoms with Crippen molar-refractivity contribution in [2.45, 2.75) is 31.7 Å². The lowest BCUT2D eigenvalue weighted by Crippen LogP contribution is -2.48. The van der Waals surface area contributed by atoms with Crippen LogP contribution in [0.25, 0.3) is 0 Å². The maximum Gasteiger partial charge on any atom is 0.233 e. The number of carbonyl (C=O) groups is 1. The molecule has 1 heterocycles. The summed E-state index contributed by atoms with van der Waals surface area (Å²) in [5.41, 5.74) is 1.39. The highest BCUT2D eigenvalue weighted by Crippen LogP contribution is 2.12. The Morgan fingerprint density at radius 2 is 2.15 bits per heavy atom. The minimum atomic E-state index is 0.0708. The van der Waals surface area contributed by atoms with Gasteiger partial charge in [0.2, 0.25) is 5.91 Å². The van der Waals surface area contributed by atoms with Crippen molar-refractivity contribution in [1.29, 1.82) is 0 Å². The highest BCUT2D eigenvalue weighted by Gasteiger charge is 2.27. The molecule has 1 aliphatic heterocycles. The molecule has 1 saturated heterocycles. The van der Waals surface area contributed by atoms with Gasteiger partial charge in [-0.15, -0.1) is 0 Å². The number of amides is 1. The van der Waals surface area contributed by atoms with Gasteiger partial charge in [-0.05, 0) is 38.3 Å². The molecule has 1 atom stereocenters. The van der Waals surface area contributed by atoms with Crippen LogP contribution < -0.4 is 16.0 Å². The Morgan fingerprint density at radius 3 is 2.85 bits per heavy atom. The smallest absolute Gasteiger partial charge is 0.233 e. The van der Waals surface area contributed by atoms with Crippen LogP contribution in [-0.2, 0) is 11.2 Å². The van der Waals surface area contributed by atoms with Gasteiger partial charge in [-0.3, -0.25) is 4.79 Å². The molecule has 1 aromatic rings. The molecule has 0 spiro atoms. The normalized spacial score (nSPS) is 21.9. The fraction of sp³-hybridized carbons (Fsp3) is 0.562. The molecule has 0 bridgehead atoms. The third kappa shape index (κ3) is 4.94. The number of hydrogen-bond donors (Lipinski definition) is 3.